The molecule has 0 aromatic rings. The Labute approximate surface area is 104 Å². The number of nitrogens with zero attached hydrogens (tertiary/aromatic N) is 1. The van der Waals surface area contributed by atoms with E-state index in [2.05, 4.69) is 12.2 Å². The lowest BCUT2D eigenvalue weighted by atomic mass is 10.2. The van der Waals surface area contributed by atoms with Crippen molar-refractivity contribution >= 4 is 11.8 Å². The number of hydrogen-bond acceptors (Lipinski definition) is 2. The first-order valence-electron chi connectivity index (χ1n) is 6.71. The zero-order valence-corrected chi connectivity index (χ0v) is 11.0. The Morgan fingerprint density at radius 1 is 1.29 bits per heavy atom. The fourth-order valence-corrected chi connectivity index (χ4v) is 2.30. The number of rotatable bonds is 6. The quantitative estimate of drug-likeness (QED) is 0.718. The molecule has 0 radical (unpaired) electrons. The van der Waals surface area contributed by atoms with Gasteiger partial charge in [-0.25, -0.2) is 0 Å². The molecule has 0 bridgehead atoms. The highest BCUT2D eigenvalue weighted by Crippen LogP contribution is 2.17. The van der Waals surface area contributed by atoms with Gasteiger partial charge >= 0.3 is 0 Å². The number of unbranched alkanes of at least 4 members (excludes halogenated alkanes) is 3. The molecule has 4 heteroatoms. The average molecular weight is 240 g/mol. The van der Waals surface area contributed by atoms with Crippen LogP contribution >= 0.6 is 0 Å². The monoisotopic (exact) mass is 240 g/mol. The second-order valence-corrected chi connectivity index (χ2v) is 4.72. The van der Waals surface area contributed by atoms with Crippen molar-refractivity contribution in [1.82, 2.24) is 10.2 Å². The minimum Gasteiger partial charge on any atom is -0.354 e. The maximum Gasteiger partial charge on any atom is 0.242 e. The van der Waals surface area contributed by atoms with E-state index in [0.29, 0.717) is 0 Å². The van der Waals surface area contributed by atoms with Crippen molar-refractivity contribution < 1.29 is 9.59 Å². The standard InChI is InChI=1S/C13H24N2O2/c1-3-4-5-6-9-14-13(17)12-8-7-10-15(12)11(2)16/h12H,3-10H2,1-2H3,(H,14,17). The molecule has 0 spiro atoms. The molecule has 2 amide bonds. The molecular formula is C13H24N2O2. The summed E-state index contributed by atoms with van der Waals surface area (Å²) in [5, 5.41) is 2.94. The van der Waals surface area contributed by atoms with Gasteiger partial charge in [-0.15, -0.1) is 0 Å². The molecule has 0 saturated carbocycles. The number of carbonyl (C=O) groups excluding carboxylic acids is 2. The predicted octanol–water partition coefficient (Wildman–Crippen LogP) is 1.69. The van der Waals surface area contributed by atoms with Gasteiger partial charge in [-0.05, 0) is 19.3 Å². The van der Waals surface area contributed by atoms with Gasteiger partial charge < -0.3 is 10.2 Å². The number of nitrogens with one attached hydrogen (secondary N) is 1. The Balaban J connectivity index is 2.25. The fourth-order valence-electron chi connectivity index (χ4n) is 2.30. The van der Waals surface area contributed by atoms with Crippen LogP contribution in [0.2, 0.25) is 0 Å². The molecule has 0 aromatic carbocycles. The van der Waals surface area contributed by atoms with E-state index in [9.17, 15) is 9.59 Å². The van der Waals surface area contributed by atoms with Gasteiger partial charge in [0.2, 0.25) is 11.8 Å². The molecule has 98 valence electrons. The molecule has 1 aliphatic rings. The van der Waals surface area contributed by atoms with E-state index in [1.165, 1.54) is 19.8 Å². The molecule has 17 heavy (non-hydrogen) atoms. The molecule has 1 saturated heterocycles. The molecule has 0 aliphatic carbocycles. The molecule has 0 aromatic heterocycles. The van der Waals surface area contributed by atoms with Crippen LogP contribution < -0.4 is 5.32 Å². The largest absolute Gasteiger partial charge is 0.354 e. The lowest BCUT2D eigenvalue weighted by molar-refractivity contribution is -0.136. The van der Waals surface area contributed by atoms with Gasteiger partial charge in [-0.1, -0.05) is 26.2 Å². The van der Waals surface area contributed by atoms with Gasteiger partial charge in [-0.2, -0.15) is 0 Å². The van der Waals surface area contributed by atoms with Crippen LogP contribution in [0, 0.1) is 0 Å². The molecule has 1 fully saturated rings. The molecule has 1 atom stereocenters. The van der Waals surface area contributed by atoms with Crippen LogP contribution in [0.25, 0.3) is 0 Å². The maximum atomic E-state index is 11.9. The zero-order chi connectivity index (χ0) is 12.7. The van der Waals surface area contributed by atoms with E-state index in [1.54, 1.807) is 4.90 Å². The first-order chi connectivity index (χ1) is 8.16. The van der Waals surface area contributed by atoms with E-state index >= 15 is 0 Å². The summed E-state index contributed by atoms with van der Waals surface area (Å²) >= 11 is 0. The van der Waals surface area contributed by atoms with E-state index in [0.717, 1.165) is 38.8 Å². The van der Waals surface area contributed by atoms with Crippen LogP contribution in [0.15, 0.2) is 0 Å². The summed E-state index contributed by atoms with van der Waals surface area (Å²) in [6.07, 6.45) is 6.37. The van der Waals surface area contributed by atoms with Crippen molar-refractivity contribution in [3.63, 3.8) is 0 Å². The summed E-state index contributed by atoms with van der Waals surface area (Å²) in [5.41, 5.74) is 0. The lowest BCUT2D eigenvalue weighted by Crippen LogP contribution is -2.45. The molecule has 1 heterocycles. The van der Waals surface area contributed by atoms with Gasteiger partial charge in [0.05, 0.1) is 0 Å². The van der Waals surface area contributed by atoms with E-state index < -0.39 is 0 Å². The third kappa shape index (κ3) is 4.36. The highest BCUT2D eigenvalue weighted by Gasteiger charge is 2.31. The maximum absolute atomic E-state index is 11.9. The fraction of sp³-hybridized carbons (Fsp3) is 0.846. The molecule has 1 aliphatic heterocycles. The van der Waals surface area contributed by atoms with Crippen molar-refractivity contribution in [2.75, 3.05) is 13.1 Å². The molecular weight excluding hydrogens is 216 g/mol. The van der Waals surface area contributed by atoms with Crippen LogP contribution in [-0.4, -0.2) is 35.8 Å². The van der Waals surface area contributed by atoms with Crippen molar-refractivity contribution in [3.8, 4) is 0 Å². The summed E-state index contributed by atoms with van der Waals surface area (Å²) in [6.45, 7) is 5.17. The molecule has 1 unspecified atom stereocenters. The van der Waals surface area contributed by atoms with Gasteiger partial charge in [0.15, 0.2) is 0 Å². The summed E-state index contributed by atoms with van der Waals surface area (Å²) in [7, 11) is 0. The van der Waals surface area contributed by atoms with Gasteiger partial charge in [-0.3, -0.25) is 9.59 Å². The third-order valence-electron chi connectivity index (χ3n) is 3.29. The smallest absolute Gasteiger partial charge is 0.242 e. The average Bonchev–Trinajstić information content (AvgIpc) is 2.77. The van der Waals surface area contributed by atoms with E-state index in [4.69, 9.17) is 0 Å². The Bertz CT molecular complexity index is 266. The van der Waals surface area contributed by atoms with Crippen molar-refractivity contribution in [3.05, 3.63) is 0 Å². The van der Waals surface area contributed by atoms with Gasteiger partial charge in [0.1, 0.15) is 6.04 Å². The summed E-state index contributed by atoms with van der Waals surface area (Å²) < 4.78 is 0. The first-order valence-corrected chi connectivity index (χ1v) is 6.71. The summed E-state index contributed by atoms with van der Waals surface area (Å²) in [4.78, 5) is 24.9. The minimum atomic E-state index is -0.223. The van der Waals surface area contributed by atoms with Crippen LogP contribution in [0.1, 0.15) is 52.4 Å². The van der Waals surface area contributed by atoms with Crippen molar-refractivity contribution in [1.29, 1.82) is 0 Å². The molecule has 1 rings (SSSR count). The van der Waals surface area contributed by atoms with Crippen molar-refractivity contribution in [2.45, 2.75) is 58.4 Å². The van der Waals surface area contributed by atoms with E-state index in [1.807, 2.05) is 0 Å². The second kappa shape index (κ2) is 7.30. The molecule has 1 N–H and O–H groups in total. The third-order valence-corrected chi connectivity index (χ3v) is 3.29. The van der Waals surface area contributed by atoms with Crippen LogP contribution in [-0.2, 0) is 9.59 Å². The minimum absolute atomic E-state index is 0.00799. The SMILES string of the molecule is CCCCCCNC(=O)C1CCCN1C(C)=O. The topological polar surface area (TPSA) is 49.4 Å². The zero-order valence-electron chi connectivity index (χ0n) is 11.0. The number of hydrogen-bond donors (Lipinski definition) is 1. The first kappa shape index (κ1) is 14.0. The Morgan fingerprint density at radius 2 is 2.06 bits per heavy atom. The summed E-state index contributed by atoms with van der Waals surface area (Å²) in [6, 6.07) is -0.223. The van der Waals surface area contributed by atoms with Crippen LogP contribution in [0.5, 0.6) is 0 Å². The Hall–Kier alpha value is -1.06. The van der Waals surface area contributed by atoms with Crippen LogP contribution in [0.4, 0.5) is 0 Å². The van der Waals surface area contributed by atoms with Crippen LogP contribution in [0.3, 0.4) is 0 Å². The Kier molecular flexibility index (Phi) is 6.01. The van der Waals surface area contributed by atoms with E-state index in [-0.39, 0.29) is 17.9 Å². The van der Waals surface area contributed by atoms with Gasteiger partial charge in [0, 0.05) is 20.0 Å². The van der Waals surface area contributed by atoms with Crippen molar-refractivity contribution in [2.24, 2.45) is 0 Å². The normalized spacial score (nSPS) is 19.4. The lowest BCUT2D eigenvalue weighted by Gasteiger charge is -2.22. The van der Waals surface area contributed by atoms with Gasteiger partial charge in [0.25, 0.3) is 0 Å². The number of amides is 2. The highest BCUT2D eigenvalue weighted by molar-refractivity contribution is 5.87. The summed E-state index contributed by atoms with van der Waals surface area (Å²) in [5.74, 6) is 0.0304. The predicted molar refractivity (Wildman–Crippen MR) is 67.6 cm³/mol. The second-order valence-electron chi connectivity index (χ2n) is 4.72. The molecule has 4 nitrogen and oxygen atoms in total. The number of likely N-dealkylation sites (tertiary alicyclic amines) is 1. The highest BCUT2D eigenvalue weighted by atomic mass is 16.2. The Morgan fingerprint density at radius 3 is 2.71 bits per heavy atom. The number of carbonyl (C=O) groups is 2.